The molecule has 3 atom stereocenters. The highest BCUT2D eigenvalue weighted by Gasteiger charge is 2.78. The maximum absolute atomic E-state index is 13.1. The summed E-state index contributed by atoms with van der Waals surface area (Å²) in [5.41, 5.74) is 0.153. The number of halogens is 3. The van der Waals surface area contributed by atoms with Gasteiger partial charge in [0.2, 0.25) is 0 Å². The van der Waals surface area contributed by atoms with Crippen LogP contribution in [-0.4, -0.2) is 60.8 Å². The van der Waals surface area contributed by atoms with Gasteiger partial charge in [-0.15, -0.1) is 0 Å². The van der Waals surface area contributed by atoms with E-state index in [1.165, 1.54) is 0 Å². The van der Waals surface area contributed by atoms with Crippen molar-refractivity contribution >= 4 is 0 Å². The Balaban J connectivity index is 1.28. The molecule has 5 aliphatic rings. The third kappa shape index (κ3) is 3.92. The summed E-state index contributed by atoms with van der Waals surface area (Å²) in [4.78, 5) is 2.36. The Hall–Kier alpha value is -1.51. The number of benzene rings is 1. The van der Waals surface area contributed by atoms with Crippen molar-refractivity contribution in [3.63, 3.8) is 0 Å². The Morgan fingerprint density at radius 2 is 1.82 bits per heavy atom. The van der Waals surface area contributed by atoms with Crippen LogP contribution in [0.3, 0.4) is 0 Å². The number of hydrogen-bond acceptors (Lipinski definition) is 5. The van der Waals surface area contributed by atoms with Crippen LogP contribution in [0.1, 0.15) is 63.6 Å². The Labute approximate surface area is 193 Å². The van der Waals surface area contributed by atoms with E-state index in [2.05, 4.69) is 4.90 Å². The first-order chi connectivity index (χ1) is 15.3. The molecule has 3 unspecified atom stereocenters. The summed E-state index contributed by atoms with van der Waals surface area (Å²) < 4.78 is 57.2. The smallest absolute Gasteiger partial charge is 0.394 e. The second-order valence-corrected chi connectivity index (χ2v) is 11.6. The van der Waals surface area contributed by atoms with Gasteiger partial charge in [0.1, 0.15) is 0 Å². The Morgan fingerprint density at radius 1 is 1.12 bits per heavy atom. The number of rotatable bonds is 5. The molecule has 0 amide bonds. The molecule has 1 saturated heterocycles. The first-order valence-electron chi connectivity index (χ1n) is 11.8. The van der Waals surface area contributed by atoms with Crippen molar-refractivity contribution in [3.05, 3.63) is 23.3 Å². The lowest BCUT2D eigenvalue weighted by molar-refractivity contribution is -0.367. The van der Waals surface area contributed by atoms with Gasteiger partial charge in [0, 0.05) is 24.5 Å². The zero-order valence-electron chi connectivity index (χ0n) is 19.8. The van der Waals surface area contributed by atoms with Crippen molar-refractivity contribution in [2.24, 2.45) is 10.8 Å². The van der Waals surface area contributed by atoms with Gasteiger partial charge in [0.15, 0.2) is 11.5 Å². The van der Waals surface area contributed by atoms with E-state index >= 15 is 0 Å². The third-order valence-electron chi connectivity index (χ3n) is 7.98. The average Bonchev–Trinajstić information content (AvgIpc) is 2.63. The minimum atomic E-state index is -4.11. The van der Waals surface area contributed by atoms with Gasteiger partial charge in [-0.1, -0.05) is 0 Å². The first-order valence-corrected chi connectivity index (χ1v) is 11.8. The molecule has 8 heteroatoms. The van der Waals surface area contributed by atoms with Crippen LogP contribution in [0.4, 0.5) is 13.2 Å². The molecule has 2 heterocycles. The van der Waals surface area contributed by atoms with E-state index in [1.807, 2.05) is 32.9 Å². The number of methoxy groups -OCH3 is 1. The molecule has 33 heavy (non-hydrogen) atoms. The van der Waals surface area contributed by atoms with E-state index in [-0.39, 0.29) is 42.4 Å². The van der Waals surface area contributed by atoms with Gasteiger partial charge < -0.3 is 19.3 Å². The molecule has 6 rings (SSSR count). The van der Waals surface area contributed by atoms with Crippen molar-refractivity contribution in [2.75, 3.05) is 26.8 Å². The van der Waals surface area contributed by atoms with Crippen molar-refractivity contribution in [1.29, 1.82) is 0 Å². The Kier molecular flexibility index (Phi) is 5.28. The standard InChI is InChI=1S/C25H34F3NO4/c1-22(2,3)33-21-10-29-6-5-15-7-20(19(31-4)8-16(15)17(29)9-18(21)30)32-14-23-11-24(12-23,13-23)25(26,27)28/h7-8,17-18,21,30H,5-6,9-14H2,1-4H3. The van der Waals surface area contributed by atoms with Crippen LogP contribution in [0.5, 0.6) is 11.5 Å². The maximum atomic E-state index is 13.1. The number of ether oxygens (including phenoxy) is 3. The van der Waals surface area contributed by atoms with Crippen molar-refractivity contribution in [3.8, 4) is 11.5 Å². The van der Waals surface area contributed by atoms with Gasteiger partial charge in [-0.25, -0.2) is 0 Å². The van der Waals surface area contributed by atoms with Gasteiger partial charge >= 0.3 is 6.18 Å². The molecular formula is C25H34F3NO4. The minimum absolute atomic E-state index is 0.0794. The van der Waals surface area contributed by atoms with Gasteiger partial charge in [-0.3, -0.25) is 4.90 Å². The van der Waals surface area contributed by atoms with Crippen molar-refractivity contribution < 1.29 is 32.5 Å². The number of fused-ring (bicyclic) bond motifs is 3. The van der Waals surface area contributed by atoms with Gasteiger partial charge in [0.25, 0.3) is 0 Å². The second kappa shape index (κ2) is 7.49. The second-order valence-electron chi connectivity index (χ2n) is 11.6. The summed E-state index contributed by atoms with van der Waals surface area (Å²) in [5, 5.41) is 10.8. The van der Waals surface area contributed by atoms with Crippen LogP contribution in [0.15, 0.2) is 12.1 Å². The van der Waals surface area contributed by atoms with Crippen LogP contribution in [-0.2, 0) is 11.2 Å². The molecule has 0 radical (unpaired) electrons. The summed E-state index contributed by atoms with van der Waals surface area (Å²) >= 11 is 0. The molecule has 3 saturated carbocycles. The lowest BCUT2D eigenvalue weighted by atomic mass is 9.35. The number of nitrogens with zero attached hydrogens (tertiary/aromatic N) is 1. The highest BCUT2D eigenvalue weighted by molar-refractivity contribution is 5.50. The topological polar surface area (TPSA) is 51.2 Å². The zero-order valence-corrected chi connectivity index (χ0v) is 19.8. The number of alkyl halides is 3. The van der Waals surface area contributed by atoms with Crippen LogP contribution < -0.4 is 9.47 Å². The monoisotopic (exact) mass is 469 g/mol. The van der Waals surface area contributed by atoms with E-state index < -0.39 is 17.7 Å². The van der Waals surface area contributed by atoms with E-state index in [0.717, 1.165) is 24.1 Å². The lowest BCUT2D eigenvalue weighted by Gasteiger charge is -2.70. The molecule has 1 aromatic rings. The fourth-order valence-corrected chi connectivity index (χ4v) is 6.51. The Morgan fingerprint density at radius 3 is 2.42 bits per heavy atom. The zero-order chi connectivity index (χ0) is 23.8. The molecule has 4 fully saturated rings. The quantitative estimate of drug-likeness (QED) is 0.680. The Bertz CT molecular complexity index is 906. The predicted molar refractivity (Wildman–Crippen MR) is 117 cm³/mol. The number of piperidine rings is 1. The molecule has 184 valence electrons. The fraction of sp³-hybridized carbons (Fsp3) is 0.760. The predicted octanol–water partition coefficient (Wildman–Crippen LogP) is 4.65. The van der Waals surface area contributed by atoms with Crippen LogP contribution in [0.2, 0.25) is 0 Å². The SMILES string of the molecule is COc1cc2c(cc1OCC13CC(C(F)(F)F)(C1)C3)CCN1CC(OC(C)(C)C)C(O)CC21. The third-order valence-corrected chi connectivity index (χ3v) is 7.98. The maximum Gasteiger partial charge on any atom is 0.394 e. The summed E-state index contributed by atoms with van der Waals surface area (Å²) in [6, 6.07) is 4.05. The minimum Gasteiger partial charge on any atom is -0.493 e. The molecule has 0 spiro atoms. The summed E-state index contributed by atoms with van der Waals surface area (Å²) in [5.74, 6) is 1.19. The van der Waals surface area contributed by atoms with Gasteiger partial charge in [-0.05, 0) is 76.1 Å². The van der Waals surface area contributed by atoms with Crippen LogP contribution in [0.25, 0.3) is 0 Å². The van der Waals surface area contributed by atoms with Crippen molar-refractivity contribution in [2.45, 2.75) is 82.9 Å². The van der Waals surface area contributed by atoms with E-state index in [1.54, 1.807) is 7.11 Å². The van der Waals surface area contributed by atoms with Crippen LogP contribution in [0, 0.1) is 10.8 Å². The van der Waals surface area contributed by atoms with Gasteiger partial charge in [-0.2, -0.15) is 13.2 Å². The number of hydrogen-bond donors (Lipinski definition) is 1. The number of aliphatic hydroxyl groups excluding tert-OH is 1. The molecular weight excluding hydrogens is 435 g/mol. The van der Waals surface area contributed by atoms with E-state index in [9.17, 15) is 18.3 Å². The first kappa shape index (κ1) is 23.2. The summed E-state index contributed by atoms with van der Waals surface area (Å²) in [6.45, 7) is 7.82. The average molecular weight is 470 g/mol. The van der Waals surface area contributed by atoms with E-state index in [0.29, 0.717) is 31.1 Å². The summed E-state index contributed by atoms with van der Waals surface area (Å²) in [6.07, 6.45) is -2.95. The van der Waals surface area contributed by atoms with Crippen molar-refractivity contribution in [1.82, 2.24) is 4.90 Å². The van der Waals surface area contributed by atoms with E-state index in [4.69, 9.17) is 14.2 Å². The highest BCUT2D eigenvalue weighted by Crippen LogP contribution is 2.78. The molecule has 3 aliphatic carbocycles. The van der Waals surface area contributed by atoms with Gasteiger partial charge in [0.05, 0.1) is 36.9 Å². The summed E-state index contributed by atoms with van der Waals surface area (Å²) in [7, 11) is 1.58. The molecule has 0 aromatic heterocycles. The molecule has 1 N–H and O–H groups in total. The molecule has 2 bridgehead atoms. The fourth-order valence-electron chi connectivity index (χ4n) is 6.51. The molecule has 1 aromatic carbocycles. The lowest BCUT2D eigenvalue weighted by Crippen LogP contribution is -2.69. The van der Waals surface area contributed by atoms with Crippen LogP contribution >= 0.6 is 0 Å². The largest absolute Gasteiger partial charge is 0.493 e. The highest BCUT2D eigenvalue weighted by atomic mass is 19.4. The number of aliphatic hydroxyl groups is 1. The molecule has 2 aliphatic heterocycles. The molecule has 5 nitrogen and oxygen atoms in total. The normalized spacial score (nSPS) is 35.7.